The molecule has 2 aromatic rings. The number of anilines is 1. The van der Waals surface area contributed by atoms with Crippen molar-refractivity contribution in [1.82, 2.24) is 14.7 Å². The van der Waals surface area contributed by atoms with E-state index in [0.717, 1.165) is 61.3 Å². The van der Waals surface area contributed by atoms with Crippen LogP contribution >= 0.6 is 0 Å². The lowest BCUT2D eigenvalue weighted by molar-refractivity contribution is 0.0784. The Labute approximate surface area is 167 Å². The van der Waals surface area contributed by atoms with Gasteiger partial charge in [-0.2, -0.15) is 5.10 Å². The Balaban J connectivity index is 1.83. The van der Waals surface area contributed by atoms with Crippen LogP contribution in [0.25, 0.3) is 0 Å². The number of carbonyl (C=O) groups excluding carboxylic acids is 1. The van der Waals surface area contributed by atoms with E-state index in [-0.39, 0.29) is 5.91 Å². The lowest BCUT2D eigenvalue weighted by Crippen LogP contribution is -2.27. The van der Waals surface area contributed by atoms with Crippen molar-refractivity contribution in [2.75, 3.05) is 25.5 Å². The first-order valence-corrected chi connectivity index (χ1v) is 10.2. The zero-order valence-electron chi connectivity index (χ0n) is 17.5. The van der Waals surface area contributed by atoms with Crippen molar-refractivity contribution >= 4 is 11.6 Å². The molecular formula is C22H32N4O2. The highest BCUT2D eigenvalue weighted by Crippen LogP contribution is 2.32. The molecule has 0 aliphatic carbocycles. The normalized spacial score (nSPS) is 17.5. The zero-order chi connectivity index (χ0) is 20.3. The zero-order valence-corrected chi connectivity index (χ0v) is 17.5. The summed E-state index contributed by atoms with van der Waals surface area (Å²) in [6, 6.07) is 5.73. The van der Waals surface area contributed by atoms with Gasteiger partial charge >= 0.3 is 0 Å². The lowest BCUT2D eigenvalue weighted by atomic mass is 9.99. The van der Waals surface area contributed by atoms with Gasteiger partial charge in [-0.3, -0.25) is 9.48 Å². The Morgan fingerprint density at radius 3 is 2.82 bits per heavy atom. The number of carbonyl (C=O) groups is 1. The fourth-order valence-corrected chi connectivity index (χ4v) is 3.87. The van der Waals surface area contributed by atoms with Gasteiger partial charge in [-0.15, -0.1) is 0 Å². The third-order valence-corrected chi connectivity index (χ3v) is 5.64. The number of aliphatic hydroxyl groups is 1. The molecule has 0 radical (unpaired) electrons. The molecular weight excluding hydrogens is 352 g/mol. The Morgan fingerprint density at radius 1 is 1.32 bits per heavy atom. The summed E-state index contributed by atoms with van der Waals surface area (Å²) in [5.41, 5.74) is 4.51. The molecule has 152 valence electrons. The number of benzene rings is 1. The molecule has 1 aromatic carbocycles. The summed E-state index contributed by atoms with van der Waals surface area (Å²) in [7, 11) is 3.87. The van der Waals surface area contributed by atoms with Crippen LogP contribution in [0.2, 0.25) is 0 Å². The Kier molecular flexibility index (Phi) is 6.39. The minimum Gasteiger partial charge on any atom is -0.388 e. The van der Waals surface area contributed by atoms with Crippen molar-refractivity contribution in [2.45, 2.75) is 58.7 Å². The average Bonchev–Trinajstić information content (AvgIpc) is 3.07. The largest absolute Gasteiger partial charge is 0.388 e. The van der Waals surface area contributed by atoms with Gasteiger partial charge in [0.05, 0.1) is 11.8 Å². The number of aromatic nitrogens is 2. The summed E-state index contributed by atoms with van der Waals surface area (Å²) in [5.74, 6) is -0.0406. The van der Waals surface area contributed by atoms with Crippen LogP contribution in [0.1, 0.15) is 65.9 Å². The fraction of sp³-hybridized carbons (Fsp3) is 0.545. The average molecular weight is 385 g/mol. The second kappa shape index (κ2) is 8.78. The Hall–Kier alpha value is -2.34. The van der Waals surface area contributed by atoms with Crippen LogP contribution in [0.4, 0.5) is 5.69 Å². The molecule has 6 nitrogen and oxygen atoms in total. The third-order valence-electron chi connectivity index (χ3n) is 5.64. The van der Waals surface area contributed by atoms with Crippen molar-refractivity contribution in [3.05, 3.63) is 46.8 Å². The topological polar surface area (TPSA) is 61.6 Å². The SMILES string of the molecule is CCn1cc(CN(C)C(=O)c2ccc3c(c2)C(O)CCCCCN3C)c(C)n1. The number of aliphatic hydroxyl groups excluding tert-OH is 1. The molecule has 0 spiro atoms. The monoisotopic (exact) mass is 384 g/mol. The molecule has 1 aromatic heterocycles. The van der Waals surface area contributed by atoms with E-state index in [1.54, 1.807) is 4.90 Å². The number of hydrogen-bond acceptors (Lipinski definition) is 4. The molecule has 0 saturated heterocycles. The molecule has 3 rings (SSSR count). The maximum absolute atomic E-state index is 13.0. The van der Waals surface area contributed by atoms with Crippen LogP contribution in [-0.2, 0) is 13.1 Å². The minimum absolute atomic E-state index is 0.0406. The number of fused-ring (bicyclic) bond motifs is 1. The maximum Gasteiger partial charge on any atom is 0.253 e. The van der Waals surface area contributed by atoms with E-state index in [1.807, 2.05) is 50.0 Å². The lowest BCUT2D eigenvalue weighted by Gasteiger charge is -2.24. The highest BCUT2D eigenvalue weighted by Gasteiger charge is 2.21. The van der Waals surface area contributed by atoms with E-state index in [9.17, 15) is 9.90 Å². The van der Waals surface area contributed by atoms with Crippen molar-refractivity contribution in [3.8, 4) is 0 Å². The number of aryl methyl sites for hydroxylation is 2. The van der Waals surface area contributed by atoms with Crippen LogP contribution in [0.5, 0.6) is 0 Å². The first-order valence-electron chi connectivity index (χ1n) is 10.2. The number of hydrogen-bond donors (Lipinski definition) is 1. The molecule has 2 heterocycles. The molecule has 1 atom stereocenters. The molecule has 1 unspecified atom stereocenters. The van der Waals surface area contributed by atoms with Crippen LogP contribution in [0.15, 0.2) is 24.4 Å². The van der Waals surface area contributed by atoms with Gasteiger partial charge < -0.3 is 14.9 Å². The molecule has 1 amide bonds. The first-order chi connectivity index (χ1) is 13.4. The highest BCUT2D eigenvalue weighted by molar-refractivity contribution is 5.94. The second-order valence-corrected chi connectivity index (χ2v) is 7.82. The first kappa shape index (κ1) is 20.4. The predicted molar refractivity (Wildman–Crippen MR) is 112 cm³/mol. The van der Waals surface area contributed by atoms with Crippen LogP contribution in [-0.4, -0.2) is 46.3 Å². The van der Waals surface area contributed by atoms with Crippen molar-refractivity contribution in [1.29, 1.82) is 0 Å². The molecule has 1 N–H and O–H groups in total. The van der Waals surface area contributed by atoms with Crippen LogP contribution in [0, 0.1) is 6.92 Å². The van der Waals surface area contributed by atoms with E-state index < -0.39 is 6.10 Å². The van der Waals surface area contributed by atoms with Crippen molar-refractivity contribution < 1.29 is 9.90 Å². The summed E-state index contributed by atoms with van der Waals surface area (Å²) in [6.45, 7) is 6.32. The molecule has 0 saturated carbocycles. The van der Waals surface area contributed by atoms with Gasteiger partial charge in [0.15, 0.2) is 0 Å². The standard InChI is InChI=1S/C22H32N4O2/c1-5-26-15-18(16(2)23-26)14-25(4)22(28)17-10-11-20-19(13-17)21(27)9-7-6-8-12-24(20)3/h10-11,13,15,21,27H,5-9,12,14H2,1-4H3. The quantitative estimate of drug-likeness (QED) is 0.876. The van der Waals surface area contributed by atoms with E-state index in [0.29, 0.717) is 12.1 Å². The Morgan fingerprint density at radius 2 is 2.11 bits per heavy atom. The smallest absolute Gasteiger partial charge is 0.253 e. The van der Waals surface area contributed by atoms with Gasteiger partial charge in [0, 0.05) is 62.3 Å². The van der Waals surface area contributed by atoms with Gasteiger partial charge in [-0.1, -0.05) is 12.8 Å². The van der Waals surface area contributed by atoms with E-state index in [2.05, 4.69) is 17.0 Å². The van der Waals surface area contributed by atoms with Crippen molar-refractivity contribution in [2.24, 2.45) is 0 Å². The second-order valence-electron chi connectivity index (χ2n) is 7.82. The Bertz CT molecular complexity index is 830. The summed E-state index contributed by atoms with van der Waals surface area (Å²) < 4.78 is 1.89. The predicted octanol–water partition coefficient (Wildman–Crippen LogP) is 3.53. The van der Waals surface area contributed by atoms with E-state index in [4.69, 9.17) is 0 Å². The highest BCUT2D eigenvalue weighted by atomic mass is 16.3. The van der Waals surface area contributed by atoms with E-state index >= 15 is 0 Å². The summed E-state index contributed by atoms with van der Waals surface area (Å²) in [6.07, 6.45) is 5.46. The van der Waals surface area contributed by atoms with Gasteiger partial charge in [-0.25, -0.2) is 0 Å². The van der Waals surface area contributed by atoms with Gasteiger partial charge in [-0.05, 0) is 44.9 Å². The maximum atomic E-state index is 13.0. The molecule has 1 aliphatic heterocycles. The molecule has 1 aliphatic rings. The molecule has 6 heteroatoms. The van der Waals surface area contributed by atoms with E-state index in [1.165, 1.54) is 0 Å². The number of nitrogens with zero attached hydrogens (tertiary/aromatic N) is 4. The summed E-state index contributed by atoms with van der Waals surface area (Å²) in [5, 5.41) is 15.2. The third kappa shape index (κ3) is 4.38. The van der Waals surface area contributed by atoms with Gasteiger partial charge in [0.1, 0.15) is 0 Å². The molecule has 0 fully saturated rings. The summed E-state index contributed by atoms with van der Waals surface area (Å²) >= 11 is 0. The van der Waals surface area contributed by atoms with Crippen LogP contribution < -0.4 is 4.90 Å². The number of rotatable bonds is 4. The van der Waals surface area contributed by atoms with Gasteiger partial charge in [0.25, 0.3) is 5.91 Å². The fourth-order valence-electron chi connectivity index (χ4n) is 3.87. The van der Waals surface area contributed by atoms with Crippen molar-refractivity contribution in [3.63, 3.8) is 0 Å². The molecule has 28 heavy (non-hydrogen) atoms. The summed E-state index contributed by atoms with van der Waals surface area (Å²) in [4.78, 5) is 16.9. The van der Waals surface area contributed by atoms with Crippen LogP contribution in [0.3, 0.4) is 0 Å². The number of amides is 1. The minimum atomic E-state index is -0.529. The van der Waals surface area contributed by atoms with Gasteiger partial charge in [0.2, 0.25) is 0 Å². The molecule has 0 bridgehead atoms.